The Morgan fingerprint density at radius 1 is 1.05 bits per heavy atom. The van der Waals surface area contributed by atoms with Crippen molar-refractivity contribution in [1.82, 2.24) is 4.90 Å². The Bertz CT molecular complexity index is 1260. The predicted octanol–water partition coefficient (Wildman–Crippen LogP) is 7.61. The molecule has 1 fully saturated rings. The number of hydrogen-bond acceptors (Lipinski definition) is 4. The van der Waals surface area contributed by atoms with E-state index in [1.165, 1.54) is 12.1 Å². The molecule has 2 aromatic carbocycles. The molecule has 0 spiro atoms. The van der Waals surface area contributed by atoms with Crippen LogP contribution in [0.5, 0.6) is 0 Å². The van der Waals surface area contributed by atoms with Crippen molar-refractivity contribution in [1.29, 1.82) is 0 Å². The SMILES string of the molecule is COC1=C(OC(C)C)/C=C/C(c2ccc(Cl)cc2)N(C2CCC(C(C)(O)c3cccc(F)c3)CC2)C(=O)C\C=C\1. The number of halogens is 2. The van der Waals surface area contributed by atoms with Crippen LogP contribution in [0.25, 0.3) is 0 Å². The van der Waals surface area contributed by atoms with E-state index in [1.54, 1.807) is 32.2 Å². The van der Waals surface area contributed by atoms with E-state index in [2.05, 4.69) is 0 Å². The zero-order chi connectivity index (χ0) is 28.9. The summed E-state index contributed by atoms with van der Waals surface area (Å²) in [5.74, 6) is 0.744. The number of allylic oxidation sites excluding steroid dienone is 2. The number of rotatable bonds is 7. The van der Waals surface area contributed by atoms with E-state index in [4.69, 9.17) is 21.1 Å². The molecule has 0 aromatic heterocycles. The molecule has 2 aromatic rings. The zero-order valence-corrected chi connectivity index (χ0v) is 24.4. The van der Waals surface area contributed by atoms with Gasteiger partial charge in [-0.1, -0.05) is 48.0 Å². The second kappa shape index (κ2) is 13.0. The molecule has 214 valence electrons. The van der Waals surface area contributed by atoms with Crippen LogP contribution in [0.15, 0.2) is 84.4 Å². The molecule has 2 aliphatic rings. The Hall–Kier alpha value is -3.09. The van der Waals surface area contributed by atoms with Gasteiger partial charge in [-0.05, 0) is 99.9 Å². The summed E-state index contributed by atoms with van der Waals surface area (Å²) in [7, 11) is 1.59. The van der Waals surface area contributed by atoms with E-state index in [-0.39, 0.29) is 42.3 Å². The van der Waals surface area contributed by atoms with Crippen LogP contribution >= 0.6 is 11.6 Å². The number of carbonyl (C=O) groups excluding carboxylic acids is 1. The molecule has 1 heterocycles. The van der Waals surface area contributed by atoms with Crippen molar-refractivity contribution in [2.24, 2.45) is 5.92 Å². The molecule has 0 radical (unpaired) electrons. The molecule has 40 heavy (non-hydrogen) atoms. The molecule has 2 unspecified atom stereocenters. The second-order valence-corrected chi connectivity index (χ2v) is 11.5. The quantitative estimate of drug-likeness (QED) is 0.374. The molecule has 0 bridgehead atoms. The molecule has 1 saturated carbocycles. The van der Waals surface area contributed by atoms with E-state index in [0.717, 1.165) is 18.4 Å². The van der Waals surface area contributed by atoms with Crippen LogP contribution in [-0.2, 0) is 19.9 Å². The Labute approximate surface area is 241 Å². The fraction of sp³-hybridized carbons (Fsp3) is 0.424. The van der Waals surface area contributed by atoms with Crippen LogP contribution in [0.4, 0.5) is 4.39 Å². The van der Waals surface area contributed by atoms with Crippen LogP contribution < -0.4 is 0 Å². The molecule has 1 aliphatic heterocycles. The summed E-state index contributed by atoms with van der Waals surface area (Å²) in [6.07, 6.45) is 10.5. The van der Waals surface area contributed by atoms with Crippen LogP contribution in [0.1, 0.15) is 70.0 Å². The molecule has 7 heteroatoms. The first-order chi connectivity index (χ1) is 19.1. The van der Waals surface area contributed by atoms with Crippen molar-refractivity contribution < 1.29 is 23.8 Å². The summed E-state index contributed by atoms with van der Waals surface area (Å²) in [5, 5.41) is 12.1. The van der Waals surface area contributed by atoms with Gasteiger partial charge in [0.05, 0.1) is 24.9 Å². The largest absolute Gasteiger partial charge is 0.493 e. The van der Waals surface area contributed by atoms with Crippen molar-refractivity contribution in [2.45, 2.75) is 76.7 Å². The van der Waals surface area contributed by atoms with Gasteiger partial charge in [0.25, 0.3) is 0 Å². The standard InChI is InChI=1S/C33H39ClFNO4/c1-22(2)40-31-20-19-29(23-11-15-26(34)16-12-23)36(32(37)10-6-9-30(31)39-4)28-17-13-24(14-18-28)33(3,38)25-7-5-8-27(35)21-25/h5-9,11-12,15-16,19-22,24,28-29,38H,10,13-14,17-18H2,1-4H3/b9-6+,20-19+,31-30-. The van der Waals surface area contributed by atoms with Crippen molar-refractivity contribution >= 4 is 17.5 Å². The minimum Gasteiger partial charge on any atom is -0.493 e. The van der Waals surface area contributed by atoms with Crippen LogP contribution in [-0.4, -0.2) is 35.2 Å². The number of benzene rings is 2. The molecule has 2 atom stereocenters. The molecular weight excluding hydrogens is 529 g/mol. The maximum absolute atomic E-state index is 13.9. The van der Waals surface area contributed by atoms with Crippen molar-refractivity contribution in [3.05, 3.63) is 106 Å². The van der Waals surface area contributed by atoms with Gasteiger partial charge < -0.3 is 19.5 Å². The topological polar surface area (TPSA) is 59.0 Å². The lowest BCUT2D eigenvalue weighted by Crippen LogP contribution is -2.46. The van der Waals surface area contributed by atoms with Gasteiger partial charge in [0.15, 0.2) is 11.5 Å². The highest BCUT2D eigenvalue weighted by Gasteiger charge is 2.40. The van der Waals surface area contributed by atoms with Crippen molar-refractivity contribution in [3.8, 4) is 0 Å². The first-order valence-corrected chi connectivity index (χ1v) is 14.3. The highest BCUT2D eigenvalue weighted by molar-refractivity contribution is 6.30. The lowest BCUT2D eigenvalue weighted by molar-refractivity contribution is -0.136. The van der Waals surface area contributed by atoms with E-state index < -0.39 is 5.60 Å². The highest BCUT2D eigenvalue weighted by Crippen LogP contribution is 2.42. The third kappa shape index (κ3) is 6.97. The molecule has 1 aliphatic carbocycles. The summed E-state index contributed by atoms with van der Waals surface area (Å²) in [6, 6.07) is 13.4. The van der Waals surface area contributed by atoms with Crippen molar-refractivity contribution in [2.75, 3.05) is 7.11 Å². The summed E-state index contributed by atoms with van der Waals surface area (Å²) in [4.78, 5) is 15.8. The number of carbonyl (C=O) groups is 1. The number of amides is 1. The van der Waals surface area contributed by atoms with Crippen LogP contribution in [0.3, 0.4) is 0 Å². The molecule has 1 N–H and O–H groups in total. The lowest BCUT2D eigenvalue weighted by Gasteiger charge is -2.44. The molecule has 1 amide bonds. The van der Waals surface area contributed by atoms with E-state index in [9.17, 15) is 14.3 Å². The summed E-state index contributed by atoms with van der Waals surface area (Å²) in [5.41, 5.74) is 0.359. The Morgan fingerprint density at radius 3 is 2.38 bits per heavy atom. The maximum atomic E-state index is 13.9. The smallest absolute Gasteiger partial charge is 0.227 e. The number of nitrogens with zero attached hydrogens (tertiary/aromatic N) is 1. The Morgan fingerprint density at radius 2 is 1.75 bits per heavy atom. The fourth-order valence-corrected chi connectivity index (χ4v) is 5.93. The highest BCUT2D eigenvalue weighted by atomic mass is 35.5. The molecule has 5 nitrogen and oxygen atoms in total. The van der Waals surface area contributed by atoms with E-state index in [1.807, 2.05) is 61.2 Å². The third-order valence-electron chi connectivity index (χ3n) is 7.91. The molecule has 0 saturated heterocycles. The van der Waals surface area contributed by atoms with Crippen LogP contribution in [0.2, 0.25) is 5.02 Å². The normalized spacial score (nSPS) is 27.1. The zero-order valence-electron chi connectivity index (χ0n) is 23.6. The number of hydrogen-bond donors (Lipinski definition) is 1. The minimum absolute atomic E-state index is 0.00451. The van der Waals surface area contributed by atoms with E-state index >= 15 is 0 Å². The Kier molecular flexibility index (Phi) is 9.75. The minimum atomic E-state index is -1.16. The van der Waals surface area contributed by atoms with Gasteiger partial charge in [0, 0.05) is 17.5 Å². The van der Waals surface area contributed by atoms with Gasteiger partial charge in [-0.15, -0.1) is 0 Å². The number of methoxy groups -OCH3 is 1. The van der Waals surface area contributed by atoms with Gasteiger partial charge in [-0.25, -0.2) is 4.39 Å². The second-order valence-electron chi connectivity index (χ2n) is 11.0. The Balaban J connectivity index is 1.66. The molecule has 4 rings (SSSR count). The lowest BCUT2D eigenvalue weighted by atomic mass is 9.72. The van der Waals surface area contributed by atoms with Gasteiger partial charge in [-0.3, -0.25) is 4.79 Å². The van der Waals surface area contributed by atoms with Crippen LogP contribution in [0, 0.1) is 11.7 Å². The predicted molar refractivity (Wildman–Crippen MR) is 156 cm³/mol. The number of ether oxygens (including phenoxy) is 2. The summed E-state index contributed by atoms with van der Waals surface area (Å²) >= 11 is 6.21. The maximum Gasteiger partial charge on any atom is 0.227 e. The summed E-state index contributed by atoms with van der Waals surface area (Å²) in [6.45, 7) is 5.68. The number of aliphatic hydroxyl groups is 1. The third-order valence-corrected chi connectivity index (χ3v) is 8.16. The van der Waals surface area contributed by atoms with Gasteiger partial charge >= 0.3 is 0 Å². The van der Waals surface area contributed by atoms with Gasteiger partial charge in [-0.2, -0.15) is 0 Å². The first kappa shape index (κ1) is 29.9. The average Bonchev–Trinajstić information content (AvgIpc) is 2.93. The average molecular weight is 568 g/mol. The summed E-state index contributed by atoms with van der Waals surface area (Å²) < 4.78 is 25.6. The molecular formula is C33H39ClFNO4. The van der Waals surface area contributed by atoms with Gasteiger partial charge in [0.2, 0.25) is 5.91 Å². The fourth-order valence-electron chi connectivity index (χ4n) is 5.80. The van der Waals surface area contributed by atoms with E-state index in [0.29, 0.717) is 34.9 Å². The van der Waals surface area contributed by atoms with Gasteiger partial charge in [0.1, 0.15) is 5.82 Å². The van der Waals surface area contributed by atoms with Crippen molar-refractivity contribution in [3.63, 3.8) is 0 Å². The first-order valence-electron chi connectivity index (χ1n) is 13.9. The monoisotopic (exact) mass is 567 g/mol.